The van der Waals surface area contributed by atoms with Gasteiger partial charge >= 0.3 is 0 Å². The van der Waals surface area contributed by atoms with Crippen molar-refractivity contribution in [1.29, 1.82) is 0 Å². The third kappa shape index (κ3) is 6.09. The average molecular weight is 115 g/mol. The van der Waals surface area contributed by atoms with Crippen molar-refractivity contribution in [3.05, 3.63) is 19.1 Å². The molecule has 0 saturated heterocycles. The van der Waals surface area contributed by atoms with Crippen LogP contribution in [-0.2, 0) is 0 Å². The molecule has 0 atom stereocenters. The molecule has 0 amide bonds. The van der Waals surface area contributed by atoms with Crippen LogP contribution in [0.25, 0.3) is 0 Å². The van der Waals surface area contributed by atoms with Gasteiger partial charge in [0.05, 0.1) is 0 Å². The van der Waals surface area contributed by atoms with E-state index >= 15 is 0 Å². The second-order valence-electron chi connectivity index (χ2n) is 1.25. The lowest BCUT2D eigenvalue weighted by atomic mass is 10.4. The lowest BCUT2D eigenvalue weighted by molar-refractivity contribution is 1.25. The fraction of sp³-hybridized carbons (Fsp3) is 0.500. The van der Waals surface area contributed by atoms with Gasteiger partial charge in [0.15, 0.2) is 0 Å². The fourth-order valence-corrected chi connectivity index (χ4v) is 0.676. The third-order valence-corrected chi connectivity index (χ3v) is 1.30. The van der Waals surface area contributed by atoms with Gasteiger partial charge in [0.2, 0.25) is 0 Å². The first-order valence-electron chi connectivity index (χ1n) is 2.35. The van der Waals surface area contributed by atoms with Crippen LogP contribution in [0.15, 0.2) is 12.2 Å². The van der Waals surface area contributed by atoms with E-state index in [2.05, 4.69) is 19.3 Å². The molecule has 0 N–H and O–H groups in total. The molecule has 0 rings (SSSR count). The van der Waals surface area contributed by atoms with Crippen molar-refractivity contribution in [3.63, 3.8) is 0 Å². The van der Waals surface area contributed by atoms with E-state index in [1.807, 2.05) is 17.8 Å². The van der Waals surface area contributed by atoms with Crippen molar-refractivity contribution in [2.45, 2.75) is 6.42 Å². The Morgan fingerprint density at radius 3 is 2.86 bits per heavy atom. The molecule has 0 fully saturated rings. The van der Waals surface area contributed by atoms with Crippen LogP contribution in [0.2, 0.25) is 0 Å². The Kier molecular flexibility index (Phi) is 6.17. The van der Waals surface area contributed by atoms with Gasteiger partial charge in [-0.05, 0) is 25.4 Å². The van der Waals surface area contributed by atoms with Gasteiger partial charge in [-0.2, -0.15) is 11.8 Å². The minimum atomic E-state index is 1.16. The average Bonchev–Trinajstić information content (AvgIpc) is 1.69. The predicted molar refractivity (Wildman–Crippen MR) is 37.5 cm³/mol. The summed E-state index contributed by atoms with van der Waals surface area (Å²) in [6.45, 7) is 3.57. The first-order valence-corrected chi connectivity index (χ1v) is 3.74. The molecule has 0 heterocycles. The number of thioether (sulfide) groups is 1. The molecule has 41 valence electrons. The number of hydrogen-bond donors (Lipinski definition) is 0. The summed E-state index contributed by atoms with van der Waals surface area (Å²) in [4.78, 5) is 0. The van der Waals surface area contributed by atoms with Crippen LogP contribution < -0.4 is 0 Å². The highest BCUT2D eigenvalue weighted by atomic mass is 32.2. The van der Waals surface area contributed by atoms with Gasteiger partial charge in [0, 0.05) is 0 Å². The summed E-state index contributed by atoms with van der Waals surface area (Å²) >= 11 is 1.86. The van der Waals surface area contributed by atoms with Gasteiger partial charge in [-0.25, -0.2) is 0 Å². The van der Waals surface area contributed by atoms with E-state index < -0.39 is 0 Å². The maximum absolute atomic E-state index is 3.57. The Morgan fingerprint density at radius 2 is 2.43 bits per heavy atom. The fourth-order valence-electron chi connectivity index (χ4n) is 0.304. The first kappa shape index (κ1) is 7.09. The highest BCUT2D eigenvalue weighted by Gasteiger charge is 1.73. The Bertz CT molecular complexity index is 48.1. The maximum Gasteiger partial charge on any atom is -0.00357 e. The van der Waals surface area contributed by atoms with Crippen molar-refractivity contribution in [3.8, 4) is 0 Å². The molecule has 0 aliphatic carbocycles. The van der Waals surface area contributed by atoms with E-state index in [4.69, 9.17) is 0 Å². The van der Waals surface area contributed by atoms with Crippen LogP contribution in [0.5, 0.6) is 0 Å². The molecular formula is C6H11S. The van der Waals surface area contributed by atoms with Crippen molar-refractivity contribution in [1.82, 2.24) is 0 Å². The quantitative estimate of drug-likeness (QED) is 0.508. The van der Waals surface area contributed by atoms with Crippen molar-refractivity contribution in [2.75, 3.05) is 12.0 Å². The normalized spacial score (nSPS) is 10.6. The zero-order valence-electron chi connectivity index (χ0n) is 4.68. The van der Waals surface area contributed by atoms with E-state index in [1.165, 1.54) is 5.75 Å². The van der Waals surface area contributed by atoms with E-state index in [9.17, 15) is 0 Å². The van der Waals surface area contributed by atoms with Crippen LogP contribution in [-0.4, -0.2) is 12.0 Å². The van der Waals surface area contributed by atoms with Crippen molar-refractivity contribution < 1.29 is 0 Å². The maximum atomic E-state index is 3.57. The summed E-state index contributed by atoms with van der Waals surface area (Å²) in [5.41, 5.74) is 0. The summed E-state index contributed by atoms with van der Waals surface area (Å²) in [7, 11) is 0. The van der Waals surface area contributed by atoms with Crippen molar-refractivity contribution >= 4 is 11.8 Å². The Morgan fingerprint density at radius 1 is 1.71 bits per heavy atom. The molecule has 0 aromatic carbocycles. The standard InChI is InChI=1S/C6H11S/c1-3-4-5-6-7-2/h3-4H,1,5-6H2,2H3. The van der Waals surface area contributed by atoms with Crippen LogP contribution in [0, 0.1) is 6.92 Å². The highest BCUT2D eigenvalue weighted by molar-refractivity contribution is 7.98. The first-order chi connectivity index (χ1) is 3.41. The monoisotopic (exact) mass is 115 g/mol. The molecule has 0 spiro atoms. The van der Waals surface area contributed by atoms with Crippen LogP contribution >= 0.6 is 11.8 Å². The minimum absolute atomic E-state index is 1.16. The van der Waals surface area contributed by atoms with E-state index in [0.29, 0.717) is 0 Å². The minimum Gasteiger partial charge on any atom is -0.165 e. The van der Waals surface area contributed by atoms with Crippen LogP contribution in [0.3, 0.4) is 0 Å². The van der Waals surface area contributed by atoms with Gasteiger partial charge in [-0.3, -0.25) is 0 Å². The molecule has 0 nitrogen and oxygen atoms in total. The molecule has 1 radical (unpaired) electrons. The van der Waals surface area contributed by atoms with E-state index in [0.717, 1.165) is 6.42 Å². The SMILES string of the molecule is [CH2]C=CCCSC. The molecule has 0 bridgehead atoms. The van der Waals surface area contributed by atoms with E-state index in [1.54, 1.807) is 0 Å². The zero-order chi connectivity index (χ0) is 5.54. The van der Waals surface area contributed by atoms with Crippen molar-refractivity contribution in [2.24, 2.45) is 0 Å². The molecule has 0 unspecified atom stereocenters. The molecule has 0 saturated carbocycles. The molecule has 0 aromatic heterocycles. The van der Waals surface area contributed by atoms with Gasteiger partial charge < -0.3 is 0 Å². The molecule has 1 heteroatoms. The topological polar surface area (TPSA) is 0 Å². The summed E-state index contributed by atoms with van der Waals surface area (Å²) in [6, 6.07) is 0. The lowest BCUT2D eigenvalue weighted by Crippen LogP contribution is -1.68. The number of hydrogen-bond acceptors (Lipinski definition) is 1. The predicted octanol–water partition coefficient (Wildman–Crippen LogP) is 2.13. The van der Waals surface area contributed by atoms with Gasteiger partial charge in [-0.15, -0.1) is 0 Å². The summed E-state index contributed by atoms with van der Waals surface area (Å²) in [5.74, 6) is 1.21. The highest BCUT2D eigenvalue weighted by Crippen LogP contribution is 1.94. The largest absolute Gasteiger partial charge is 0.165 e. The zero-order valence-corrected chi connectivity index (χ0v) is 5.50. The summed E-state index contributed by atoms with van der Waals surface area (Å²) in [5, 5.41) is 0. The molecule has 0 aliphatic heterocycles. The second-order valence-corrected chi connectivity index (χ2v) is 2.24. The van der Waals surface area contributed by atoms with Gasteiger partial charge in [0.25, 0.3) is 0 Å². The summed E-state index contributed by atoms with van der Waals surface area (Å²) in [6.07, 6.45) is 7.19. The second kappa shape index (κ2) is 6.09. The number of rotatable bonds is 3. The van der Waals surface area contributed by atoms with E-state index in [-0.39, 0.29) is 0 Å². The smallest absolute Gasteiger partial charge is 0.00357 e. The molecule has 0 aromatic rings. The van der Waals surface area contributed by atoms with Crippen LogP contribution in [0.4, 0.5) is 0 Å². The summed E-state index contributed by atoms with van der Waals surface area (Å²) < 4.78 is 0. The third-order valence-electron chi connectivity index (χ3n) is 0.655. The Hall–Kier alpha value is 0.0900. The number of allylic oxidation sites excluding steroid dienone is 2. The van der Waals surface area contributed by atoms with Crippen LogP contribution in [0.1, 0.15) is 6.42 Å². The molecule has 7 heavy (non-hydrogen) atoms. The lowest BCUT2D eigenvalue weighted by Gasteiger charge is -1.84. The van der Waals surface area contributed by atoms with Gasteiger partial charge in [0.1, 0.15) is 0 Å². The Balaban J connectivity index is 2.69. The molecule has 0 aliphatic rings. The molecular weight excluding hydrogens is 104 g/mol. The van der Waals surface area contributed by atoms with Gasteiger partial charge in [-0.1, -0.05) is 12.2 Å². The Labute approximate surface area is 50.0 Å².